The first-order valence-electron chi connectivity index (χ1n) is 7.74. The second-order valence-corrected chi connectivity index (χ2v) is 6.16. The predicted octanol–water partition coefficient (Wildman–Crippen LogP) is 1.46. The van der Waals surface area contributed by atoms with Gasteiger partial charge in [-0.25, -0.2) is 4.98 Å². The Morgan fingerprint density at radius 3 is 3.19 bits per heavy atom. The highest BCUT2D eigenvalue weighted by Gasteiger charge is 2.31. The molecule has 5 heteroatoms. The van der Waals surface area contributed by atoms with Crippen molar-refractivity contribution in [2.24, 2.45) is 0 Å². The van der Waals surface area contributed by atoms with Crippen molar-refractivity contribution in [3.8, 4) is 0 Å². The molecule has 4 rings (SSSR count). The zero-order valence-electron chi connectivity index (χ0n) is 12.0. The van der Waals surface area contributed by atoms with Crippen molar-refractivity contribution >= 4 is 16.9 Å². The molecule has 2 N–H and O–H groups in total. The van der Waals surface area contributed by atoms with Crippen molar-refractivity contribution in [2.45, 2.75) is 37.8 Å². The molecule has 2 fully saturated rings. The zero-order valence-corrected chi connectivity index (χ0v) is 12.0. The van der Waals surface area contributed by atoms with Gasteiger partial charge in [-0.15, -0.1) is 0 Å². The molecule has 21 heavy (non-hydrogen) atoms. The van der Waals surface area contributed by atoms with E-state index in [9.17, 15) is 4.79 Å². The number of hydrogen-bond acceptors (Lipinski definition) is 3. The molecule has 2 aromatic rings. The lowest BCUT2D eigenvalue weighted by Crippen LogP contribution is -2.39. The molecule has 2 unspecified atom stereocenters. The molecule has 0 aliphatic carbocycles. The number of amides is 1. The minimum Gasteiger partial charge on any atom is -0.346 e. The van der Waals surface area contributed by atoms with E-state index in [1.165, 1.54) is 12.8 Å². The summed E-state index contributed by atoms with van der Waals surface area (Å²) in [5, 5.41) is 4.67. The molecule has 2 aromatic heterocycles. The summed E-state index contributed by atoms with van der Waals surface area (Å²) >= 11 is 0. The number of hydrogen-bond donors (Lipinski definition) is 2. The Balaban J connectivity index is 1.50. The average molecular weight is 284 g/mol. The molecule has 2 bridgehead atoms. The Kier molecular flexibility index (Phi) is 3.15. The van der Waals surface area contributed by atoms with E-state index in [1.54, 1.807) is 6.20 Å². The number of rotatable bonds is 2. The van der Waals surface area contributed by atoms with Gasteiger partial charge in [-0.1, -0.05) is 0 Å². The molecule has 0 radical (unpaired) electrons. The second-order valence-electron chi connectivity index (χ2n) is 6.16. The Bertz CT molecular complexity index is 665. The van der Waals surface area contributed by atoms with Crippen LogP contribution in [-0.2, 0) is 11.2 Å². The maximum atomic E-state index is 12.6. The van der Waals surface area contributed by atoms with Crippen LogP contribution in [0.2, 0.25) is 0 Å². The van der Waals surface area contributed by atoms with Crippen LogP contribution in [0.1, 0.15) is 24.8 Å². The average Bonchev–Trinajstić information content (AvgIpc) is 3.03. The van der Waals surface area contributed by atoms with Crippen LogP contribution < -0.4 is 5.32 Å². The van der Waals surface area contributed by atoms with Crippen LogP contribution in [0.5, 0.6) is 0 Å². The van der Waals surface area contributed by atoms with E-state index in [-0.39, 0.29) is 5.91 Å². The Hall–Kier alpha value is -1.88. The van der Waals surface area contributed by atoms with E-state index in [2.05, 4.69) is 15.3 Å². The molecule has 2 aliphatic heterocycles. The van der Waals surface area contributed by atoms with Gasteiger partial charge in [-0.3, -0.25) is 4.79 Å². The van der Waals surface area contributed by atoms with E-state index in [0.717, 1.165) is 36.1 Å². The number of carbonyl (C=O) groups excluding carboxylic acids is 1. The summed E-state index contributed by atoms with van der Waals surface area (Å²) in [6, 6.07) is 5.04. The lowest BCUT2D eigenvalue weighted by molar-refractivity contribution is -0.130. The van der Waals surface area contributed by atoms with Crippen LogP contribution in [0.3, 0.4) is 0 Å². The first kappa shape index (κ1) is 12.8. The monoisotopic (exact) mass is 284 g/mol. The number of aromatic amines is 1. The number of nitrogens with one attached hydrogen (secondary N) is 2. The fourth-order valence-electron chi connectivity index (χ4n) is 3.60. The predicted molar refractivity (Wildman–Crippen MR) is 80.9 cm³/mol. The number of carbonyl (C=O) groups is 1. The minimum absolute atomic E-state index is 0.231. The van der Waals surface area contributed by atoms with Crippen LogP contribution in [-0.4, -0.2) is 45.9 Å². The van der Waals surface area contributed by atoms with Gasteiger partial charge in [0.15, 0.2) is 0 Å². The molecular weight excluding hydrogens is 264 g/mol. The third kappa shape index (κ3) is 2.42. The standard InChI is InChI=1S/C16H20N4O/c21-15(20-7-5-12-3-4-13(10-20)19-12)8-11-9-18-16-14(11)2-1-6-17-16/h1-2,6,9,12-13,19H,3-5,7-8,10H2,(H,17,18). The molecule has 0 saturated carbocycles. The Morgan fingerprint density at radius 1 is 1.33 bits per heavy atom. The fourth-order valence-corrected chi connectivity index (χ4v) is 3.60. The summed E-state index contributed by atoms with van der Waals surface area (Å²) in [5.74, 6) is 0.231. The maximum Gasteiger partial charge on any atom is 0.227 e. The number of pyridine rings is 1. The molecule has 4 heterocycles. The van der Waals surface area contributed by atoms with Crippen LogP contribution in [0.15, 0.2) is 24.5 Å². The molecule has 1 amide bonds. The Morgan fingerprint density at radius 2 is 2.24 bits per heavy atom. The molecule has 110 valence electrons. The first-order chi connectivity index (χ1) is 10.3. The van der Waals surface area contributed by atoms with Crippen LogP contribution in [0, 0.1) is 0 Å². The summed E-state index contributed by atoms with van der Waals surface area (Å²) in [6.45, 7) is 1.74. The van der Waals surface area contributed by atoms with Gasteiger partial charge in [-0.2, -0.15) is 0 Å². The molecule has 0 spiro atoms. The van der Waals surface area contributed by atoms with Crippen molar-refractivity contribution in [3.05, 3.63) is 30.1 Å². The molecule has 5 nitrogen and oxygen atoms in total. The Labute approximate surface area is 123 Å². The van der Waals surface area contributed by atoms with Crippen LogP contribution in [0.4, 0.5) is 0 Å². The molecule has 2 aliphatic rings. The maximum absolute atomic E-state index is 12.6. The van der Waals surface area contributed by atoms with Crippen molar-refractivity contribution in [1.29, 1.82) is 0 Å². The minimum atomic E-state index is 0.231. The SMILES string of the molecule is O=C(Cc1c[nH]c2ncccc12)N1CCC2CCC(C1)N2. The summed E-state index contributed by atoms with van der Waals surface area (Å²) in [7, 11) is 0. The van der Waals surface area contributed by atoms with Gasteiger partial charge >= 0.3 is 0 Å². The fraction of sp³-hybridized carbons (Fsp3) is 0.500. The highest BCUT2D eigenvalue weighted by Crippen LogP contribution is 2.22. The number of likely N-dealkylation sites (tertiary alicyclic amines) is 1. The van der Waals surface area contributed by atoms with Gasteiger partial charge in [0, 0.05) is 43.0 Å². The third-order valence-electron chi connectivity index (χ3n) is 4.75. The summed E-state index contributed by atoms with van der Waals surface area (Å²) in [4.78, 5) is 22.1. The molecule has 0 aromatic carbocycles. The van der Waals surface area contributed by atoms with E-state index >= 15 is 0 Å². The van der Waals surface area contributed by atoms with Gasteiger partial charge in [0.2, 0.25) is 5.91 Å². The quantitative estimate of drug-likeness (QED) is 0.877. The number of nitrogens with zero attached hydrogens (tertiary/aromatic N) is 2. The van der Waals surface area contributed by atoms with E-state index < -0.39 is 0 Å². The van der Waals surface area contributed by atoms with Gasteiger partial charge in [-0.05, 0) is 37.0 Å². The van der Waals surface area contributed by atoms with Crippen LogP contribution in [0.25, 0.3) is 11.0 Å². The lowest BCUT2D eigenvalue weighted by Gasteiger charge is -2.24. The first-order valence-corrected chi connectivity index (χ1v) is 7.74. The highest BCUT2D eigenvalue weighted by atomic mass is 16.2. The topological polar surface area (TPSA) is 61.0 Å². The molecule has 2 saturated heterocycles. The van der Waals surface area contributed by atoms with E-state index in [4.69, 9.17) is 0 Å². The number of H-pyrrole nitrogens is 1. The molecule has 2 atom stereocenters. The van der Waals surface area contributed by atoms with E-state index in [0.29, 0.717) is 18.5 Å². The lowest BCUT2D eigenvalue weighted by atomic mass is 10.1. The normalized spacial score (nSPS) is 25.2. The molecular formula is C16H20N4O. The van der Waals surface area contributed by atoms with Crippen molar-refractivity contribution in [1.82, 2.24) is 20.2 Å². The summed E-state index contributed by atoms with van der Waals surface area (Å²) < 4.78 is 0. The third-order valence-corrected chi connectivity index (χ3v) is 4.75. The largest absolute Gasteiger partial charge is 0.346 e. The second kappa shape index (κ2) is 5.15. The van der Waals surface area contributed by atoms with Crippen molar-refractivity contribution in [2.75, 3.05) is 13.1 Å². The summed E-state index contributed by atoms with van der Waals surface area (Å²) in [5.41, 5.74) is 1.90. The van der Waals surface area contributed by atoms with Gasteiger partial charge in [0.1, 0.15) is 5.65 Å². The van der Waals surface area contributed by atoms with Crippen molar-refractivity contribution in [3.63, 3.8) is 0 Å². The summed E-state index contributed by atoms with van der Waals surface area (Å²) in [6.07, 6.45) is 7.69. The van der Waals surface area contributed by atoms with Gasteiger partial charge in [0.25, 0.3) is 0 Å². The van der Waals surface area contributed by atoms with Crippen molar-refractivity contribution < 1.29 is 4.79 Å². The van der Waals surface area contributed by atoms with E-state index in [1.807, 2.05) is 23.2 Å². The number of aromatic nitrogens is 2. The highest BCUT2D eigenvalue weighted by molar-refractivity contribution is 5.87. The zero-order chi connectivity index (χ0) is 14.2. The van der Waals surface area contributed by atoms with Gasteiger partial charge in [0.05, 0.1) is 6.42 Å². The smallest absolute Gasteiger partial charge is 0.227 e. The number of fused-ring (bicyclic) bond motifs is 3. The van der Waals surface area contributed by atoms with Gasteiger partial charge < -0.3 is 15.2 Å². The van der Waals surface area contributed by atoms with Crippen LogP contribution >= 0.6 is 0 Å².